The summed E-state index contributed by atoms with van der Waals surface area (Å²) in [4.78, 5) is 22.3. The van der Waals surface area contributed by atoms with Gasteiger partial charge in [0.2, 0.25) is 5.91 Å². The quantitative estimate of drug-likeness (QED) is 0.783. The highest BCUT2D eigenvalue weighted by Crippen LogP contribution is 2.35. The van der Waals surface area contributed by atoms with Gasteiger partial charge in [0.15, 0.2) is 0 Å². The molecule has 0 aromatic carbocycles. The average molecular weight is 285 g/mol. The molecule has 5 nitrogen and oxygen atoms in total. The zero-order valence-corrected chi connectivity index (χ0v) is 12.9. The Morgan fingerprint density at radius 3 is 2.50 bits per heavy atom. The molecule has 0 heterocycles. The molecule has 0 bridgehead atoms. The molecule has 1 aliphatic carbocycles. The molecule has 1 amide bonds. The van der Waals surface area contributed by atoms with E-state index in [1.54, 1.807) is 0 Å². The number of carboxylic acids is 1. The van der Waals surface area contributed by atoms with Crippen molar-refractivity contribution in [3.8, 4) is 0 Å². The van der Waals surface area contributed by atoms with Gasteiger partial charge in [-0.3, -0.25) is 9.59 Å². The molecular formula is C15H27NO4. The number of carbonyl (C=O) groups is 2. The van der Waals surface area contributed by atoms with Crippen LogP contribution in [0, 0.1) is 17.8 Å². The average Bonchev–Trinajstić information content (AvgIpc) is 2.35. The highest BCUT2D eigenvalue weighted by Gasteiger charge is 2.31. The van der Waals surface area contributed by atoms with Crippen molar-refractivity contribution in [2.24, 2.45) is 17.8 Å². The van der Waals surface area contributed by atoms with Crippen LogP contribution in [0.1, 0.15) is 47.0 Å². The van der Waals surface area contributed by atoms with E-state index in [0.29, 0.717) is 17.8 Å². The maximum atomic E-state index is 11.7. The zero-order chi connectivity index (χ0) is 15.3. The lowest BCUT2D eigenvalue weighted by molar-refractivity contribution is -0.143. The third-order valence-corrected chi connectivity index (χ3v) is 4.14. The molecule has 1 aliphatic rings. The molecule has 1 fully saturated rings. The first-order chi connectivity index (χ1) is 9.31. The second kappa shape index (κ2) is 7.62. The fraction of sp³-hybridized carbons (Fsp3) is 0.867. The molecule has 20 heavy (non-hydrogen) atoms. The summed E-state index contributed by atoms with van der Waals surface area (Å²) in [6.45, 7) is 7.96. The van der Waals surface area contributed by atoms with Gasteiger partial charge in [0.25, 0.3) is 0 Å². The summed E-state index contributed by atoms with van der Waals surface area (Å²) < 4.78 is 5.76. The van der Waals surface area contributed by atoms with Gasteiger partial charge in [-0.15, -0.1) is 0 Å². The fourth-order valence-corrected chi connectivity index (χ4v) is 2.83. The number of amides is 1. The fourth-order valence-electron chi connectivity index (χ4n) is 2.83. The van der Waals surface area contributed by atoms with Crippen LogP contribution in [0.2, 0.25) is 0 Å². The van der Waals surface area contributed by atoms with Crippen molar-refractivity contribution in [2.45, 2.75) is 59.1 Å². The van der Waals surface area contributed by atoms with E-state index in [-0.39, 0.29) is 18.6 Å². The molecule has 0 aliphatic heterocycles. The van der Waals surface area contributed by atoms with Crippen LogP contribution >= 0.6 is 0 Å². The second-order valence-electron chi connectivity index (χ2n) is 6.30. The SMILES string of the molecule is CC1CCC(C(C)C)C(OCC(=O)N[C@@H](C)C(=O)O)C1. The van der Waals surface area contributed by atoms with E-state index in [1.165, 1.54) is 13.3 Å². The highest BCUT2D eigenvalue weighted by atomic mass is 16.5. The molecule has 0 aromatic rings. The lowest BCUT2D eigenvalue weighted by atomic mass is 9.75. The Balaban J connectivity index is 2.45. The van der Waals surface area contributed by atoms with Crippen LogP contribution in [0.4, 0.5) is 0 Å². The van der Waals surface area contributed by atoms with Crippen LogP contribution in [0.3, 0.4) is 0 Å². The first kappa shape index (κ1) is 17.0. The summed E-state index contributed by atoms with van der Waals surface area (Å²) in [5.41, 5.74) is 0. The van der Waals surface area contributed by atoms with Gasteiger partial charge in [0.1, 0.15) is 12.6 Å². The van der Waals surface area contributed by atoms with E-state index >= 15 is 0 Å². The Morgan fingerprint density at radius 2 is 1.95 bits per heavy atom. The molecule has 1 saturated carbocycles. The van der Waals surface area contributed by atoms with Crippen molar-refractivity contribution in [3.05, 3.63) is 0 Å². The van der Waals surface area contributed by atoms with Gasteiger partial charge in [-0.05, 0) is 37.5 Å². The van der Waals surface area contributed by atoms with Crippen molar-refractivity contribution in [1.82, 2.24) is 5.32 Å². The highest BCUT2D eigenvalue weighted by molar-refractivity contribution is 5.83. The minimum atomic E-state index is -1.04. The molecule has 4 atom stereocenters. The third kappa shape index (κ3) is 5.12. The number of carboxylic acid groups (broad SMARTS) is 1. The number of ether oxygens (including phenoxy) is 1. The Kier molecular flexibility index (Phi) is 6.46. The van der Waals surface area contributed by atoms with E-state index in [2.05, 4.69) is 26.1 Å². The van der Waals surface area contributed by atoms with E-state index < -0.39 is 12.0 Å². The van der Waals surface area contributed by atoms with Gasteiger partial charge >= 0.3 is 5.97 Å². The Bertz CT molecular complexity index is 343. The van der Waals surface area contributed by atoms with Gasteiger partial charge < -0.3 is 15.2 Å². The minimum Gasteiger partial charge on any atom is -0.480 e. The van der Waals surface area contributed by atoms with Gasteiger partial charge in [-0.25, -0.2) is 0 Å². The van der Waals surface area contributed by atoms with E-state index in [0.717, 1.165) is 12.8 Å². The smallest absolute Gasteiger partial charge is 0.325 e. The van der Waals surface area contributed by atoms with Gasteiger partial charge in [0.05, 0.1) is 6.10 Å². The Hall–Kier alpha value is -1.10. The number of rotatable bonds is 6. The summed E-state index contributed by atoms with van der Waals surface area (Å²) in [5.74, 6) is 0.241. The van der Waals surface area contributed by atoms with Crippen molar-refractivity contribution < 1.29 is 19.4 Å². The van der Waals surface area contributed by atoms with Crippen molar-refractivity contribution in [2.75, 3.05) is 6.61 Å². The summed E-state index contributed by atoms with van der Waals surface area (Å²) in [7, 11) is 0. The van der Waals surface area contributed by atoms with E-state index in [9.17, 15) is 9.59 Å². The second-order valence-corrected chi connectivity index (χ2v) is 6.30. The van der Waals surface area contributed by atoms with Crippen LogP contribution in [0.5, 0.6) is 0 Å². The van der Waals surface area contributed by atoms with Crippen molar-refractivity contribution >= 4 is 11.9 Å². The van der Waals surface area contributed by atoms with Gasteiger partial charge in [0, 0.05) is 0 Å². The maximum absolute atomic E-state index is 11.7. The third-order valence-electron chi connectivity index (χ3n) is 4.14. The standard InChI is InChI=1S/C15H27NO4/c1-9(2)12-6-5-10(3)7-13(12)20-8-14(17)16-11(4)15(18)19/h9-13H,5-8H2,1-4H3,(H,16,17)(H,18,19)/t10?,11-,12?,13?/m0/s1. The molecule has 3 unspecified atom stereocenters. The number of carbonyl (C=O) groups excluding carboxylic acids is 1. The van der Waals surface area contributed by atoms with Crippen LogP contribution in [-0.2, 0) is 14.3 Å². The largest absolute Gasteiger partial charge is 0.480 e. The Labute approximate surface area is 121 Å². The topological polar surface area (TPSA) is 75.6 Å². The normalized spacial score (nSPS) is 28.1. The first-order valence-corrected chi connectivity index (χ1v) is 7.45. The summed E-state index contributed by atoms with van der Waals surface area (Å²) in [6, 6.07) is -0.878. The van der Waals surface area contributed by atoms with Crippen LogP contribution in [0.25, 0.3) is 0 Å². The summed E-state index contributed by atoms with van der Waals surface area (Å²) in [5, 5.41) is 11.2. The molecule has 116 valence electrons. The molecule has 0 radical (unpaired) electrons. The van der Waals surface area contributed by atoms with Crippen molar-refractivity contribution in [3.63, 3.8) is 0 Å². The summed E-state index contributed by atoms with van der Waals surface area (Å²) >= 11 is 0. The predicted molar refractivity (Wildman–Crippen MR) is 76.3 cm³/mol. The lowest BCUT2D eigenvalue weighted by Gasteiger charge is -2.37. The van der Waals surface area contributed by atoms with E-state index in [1.807, 2.05) is 0 Å². The number of aliphatic carboxylic acids is 1. The number of hydrogen-bond acceptors (Lipinski definition) is 3. The molecule has 0 aromatic heterocycles. The monoisotopic (exact) mass is 285 g/mol. The molecule has 0 saturated heterocycles. The molecule has 5 heteroatoms. The van der Waals surface area contributed by atoms with Crippen LogP contribution < -0.4 is 5.32 Å². The van der Waals surface area contributed by atoms with Gasteiger partial charge in [-0.2, -0.15) is 0 Å². The van der Waals surface area contributed by atoms with Gasteiger partial charge in [-0.1, -0.05) is 27.2 Å². The first-order valence-electron chi connectivity index (χ1n) is 7.45. The van der Waals surface area contributed by atoms with Crippen molar-refractivity contribution in [1.29, 1.82) is 0 Å². The van der Waals surface area contributed by atoms with Crippen LogP contribution in [0.15, 0.2) is 0 Å². The minimum absolute atomic E-state index is 0.0573. The molecular weight excluding hydrogens is 258 g/mol. The van der Waals surface area contributed by atoms with Crippen LogP contribution in [-0.4, -0.2) is 35.7 Å². The lowest BCUT2D eigenvalue weighted by Crippen LogP contribution is -2.42. The van der Waals surface area contributed by atoms with E-state index in [4.69, 9.17) is 9.84 Å². The summed E-state index contributed by atoms with van der Waals surface area (Å²) in [6.07, 6.45) is 3.43. The molecule has 0 spiro atoms. The number of nitrogens with one attached hydrogen (secondary N) is 1. The zero-order valence-electron chi connectivity index (χ0n) is 12.9. The predicted octanol–water partition coefficient (Wildman–Crippen LogP) is 2.05. The maximum Gasteiger partial charge on any atom is 0.325 e. The Morgan fingerprint density at radius 1 is 1.30 bits per heavy atom. The molecule has 2 N–H and O–H groups in total. The molecule has 1 rings (SSSR count). The number of hydrogen-bond donors (Lipinski definition) is 2.